The second kappa shape index (κ2) is 6.08. The van der Waals surface area contributed by atoms with E-state index >= 15 is 0 Å². The molecule has 0 saturated carbocycles. The lowest BCUT2D eigenvalue weighted by atomic mass is 10.0. The summed E-state index contributed by atoms with van der Waals surface area (Å²) in [5, 5.41) is 12.1. The number of nitrogens with one attached hydrogen (secondary N) is 1. The van der Waals surface area contributed by atoms with Gasteiger partial charge in [-0.3, -0.25) is 4.98 Å². The number of piperidine rings is 1. The molecule has 7 heteroatoms. The fourth-order valence-electron chi connectivity index (χ4n) is 2.93. The molecule has 22 heavy (non-hydrogen) atoms. The van der Waals surface area contributed by atoms with Crippen molar-refractivity contribution >= 4 is 38.6 Å². The van der Waals surface area contributed by atoms with E-state index in [-0.39, 0.29) is 11.9 Å². The first-order valence-electron chi connectivity index (χ1n) is 7.03. The summed E-state index contributed by atoms with van der Waals surface area (Å²) in [5.41, 5.74) is 1.20. The molecule has 0 radical (unpaired) electrons. The van der Waals surface area contributed by atoms with Crippen LogP contribution in [0.1, 0.15) is 12.8 Å². The molecule has 116 valence electrons. The first-order valence-corrected chi connectivity index (χ1v) is 7.82. The van der Waals surface area contributed by atoms with Gasteiger partial charge in [0.05, 0.1) is 0 Å². The number of nitrogens with zero attached hydrogens (tertiary/aromatic N) is 2. The average Bonchev–Trinajstić information content (AvgIpc) is 2.46. The van der Waals surface area contributed by atoms with Gasteiger partial charge in [-0.2, -0.15) is 0 Å². The molecule has 5 nitrogen and oxygen atoms in total. The Balaban J connectivity index is 1.97. The molecule has 0 spiro atoms. The zero-order valence-corrected chi connectivity index (χ0v) is 13.3. The number of carboxylic acid groups (broad SMARTS) is 1. The van der Waals surface area contributed by atoms with Crippen molar-refractivity contribution in [1.82, 2.24) is 10.3 Å². The number of halogens is 2. The van der Waals surface area contributed by atoms with Crippen molar-refractivity contribution in [2.45, 2.75) is 18.9 Å². The summed E-state index contributed by atoms with van der Waals surface area (Å²) in [4.78, 5) is 17.0. The Hall–Kier alpha value is -1.89. The Morgan fingerprint density at radius 1 is 1.50 bits per heavy atom. The van der Waals surface area contributed by atoms with Crippen LogP contribution in [0.5, 0.6) is 0 Å². The summed E-state index contributed by atoms with van der Waals surface area (Å²) < 4.78 is 14.7. The van der Waals surface area contributed by atoms with Gasteiger partial charge in [-0.1, -0.05) is 15.9 Å². The molecule has 2 N–H and O–H groups in total. The molecule has 2 heterocycles. The van der Waals surface area contributed by atoms with E-state index in [1.165, 1.54) is 6.07 Å². The van der Waals surface area contributed by atoms with Gasteiger partial charge in [0.1, 0.15) is 5.52 Å². The molecular formula is C15H15BrFN3O2. The van der Waals surface area contributed by atoms with Crippen molar-refractivity contribution in [3.8, 4) is 0 Å². The summed E-state index contributed by atoms with van der Waals surface area (Å²) >= 11 is 3.31. The van der Waals surface area contributed by atoms with E-state index < -0.39 is 6.09 Å². The third kappa shape index (κ3) is 2.99. The average molecular weight is 368 g/mol. The van der Waals surface area contributed by atoms with Gasteiger partial charge in [0.2, 0.25) is 0 Å². The normalized spacial score (nSPS) is 18.5. The molecule has 1 aromatic heterocycles. The molecule has 0 bridgehead atoms. The van der Waals surface area contributed by atoms with Gasteiger partial charge in [-0.25, -0.2) is 9.18 Å². The minimum atomic E-state index is -1.01. The van der Waals surface area contributed by atoms with E-state index in [0.29, 0.717) is 16.5 Å². The summed E-state index contributed by atoms with van der Waals surface area (Å²) in [7, 11) is 0. The SMILES string of the molecule is O=C(O)N[C@H]1CCCN(c2ccnc3c(F)cc(Br)cc23)C1. The van der Waals surface area contributed by atoms with Crippen molar-refractivity contribution in [1.29, 1.82) is 0 Å². The molecule has 1 saturated heterocycles. The second-order valence-electron chi connectivity index (χ2n) is 5.35. The van der Waals surface area contributed by atoms with Crippen LogP contribution in [0, 0.1) is 5.82 Å². The van der Waals surface area contributed by atoms with E-state index in [1.807, 2.05) is 12.1 Å². The lowest BCUT2D eigenvalue weighted by molar-refractivity contribution is 0.188. The molecule has 1 atom stereocenters. The smallest absolute Gasteiger partial charge is 0.404 e. The maximum atomic E-state index is 14.0. The number of pyridine rings is 1. The first-order chi connectivity index (χ1) is 10.5. The maximum Gasteiger partial charge on any atom is 0.404 e. The van der Waals surface area contributed by atoms with E-state index in [1.54, 1.807) is 6.20 Å². The van der Waals surface area contributed by atoms with Crippen molar-refractivity contribution in [2.75, 3.05) is 18.0 Å². The molecule has 1 aliphatic rings. The predicted octanol–water partition coefficient (Wildman–Crippen LogP) is 3.37. The quantitative estimate of drug-likeness (QED) is 0.853. The Labute approximate surface area is 135 Å². The van der Waals surface area contributed by atoms with Crippen molar-refractivity contribution in [2.24, 2.45) is 0 Å². The standard InChI is InChI=1S/C15H15BrFN3O2/c16-9-6-11-13(3-4-18-14(11)12(17)7-9)20-5-1-2-10(8-20)19-15(21)22/h3-4,6-7,10,19H,1-2,5,8H2,(H,21,22)/t10-/m0/s1. The fourth-order valence-corrected chi connectivity index (χ4v) is 3.36. The molecule has 3 rings (SSSR count). The molecule has 2 aromatic rings. The highest BCUT2D eigenvalue weighted by molar-refractivity contribution is 9.10. The van der Waals surface area contributed by atoms with Gasteiger partial charge in [-0.05, 0) is 31.0 Å². The van der Waals surface area contributed by atoms with Crippen LogP contribution in [0.25, 0.3) is 10.9 Å². The monoisotopic (exact) mass is 367 g/mol. The lowest BCUT2D eigenvalue weighted by Gasteiger charge is -2.34. The Kier molecular flexibility index (Phi) is 4.15. The number of hydrogen-bond donors (Lipinski definition) is 2. The number of rotatable bonds is 2. The highest BCUT2D eigenvalue weighted by Gasteiger charge is 2.23. The van der Waals surface area contributed by atoms with E-state index in [0.717, 1.165) is 30.5 Å². The van der Waals surface area contributed by atoms with Gasteiger partial charge < -0.3 is 15.3 Å². The molecule has 1 aromatic carbocycles. The number of anilines is 1. The van der Waals surface area contributed by atoms with Crippen LogP contribution in [0.15, 0.2) is 28.9 Å². The van der Waals surface area contributed by atoms with Crippen LogP contribution < -0.4 is 10.2 Å². The number of aromatic nitrogens is 1. The van der Waals surface area contributed by atoms with Crippen LogP contribution in [-0.2, 0) is 0 Å². The Morgan fingerprint density at radius 2 is 2.32 bits per heavy atom. The summed E-state index contributed by atoms with van der Waals surface area (Å²) in [6.45, 7) is 1.38. The van der Waals surface area contributed by atoms with Gasteiger partial charge in [0.15, 0.2) is 5.82 Å². The third-order valence-corrected chi connectivity index (χ3v) is 4.29. The molecule has 1 fully saturated rings. The predicted molar refractivity (Wildman–Crippen MR) is 85.8 cm³/mol. The van der Waals surface area contributed by atoms with Crippen molar-refractivity contribution in [3.05, 3.63) is 34.7 Å². The third-order valence-electron chi connectivity index (χ3n) is 3.83. The van der Waals surface area contributed by atoms with Gasteiger partial charge in [0, 0.05) is 40.9 Å². The second-order valence-corrected chi connectivity index (χ2v) is 6.26. The molecule has 0 aliphatic carbocycles. The van der Waals surface area contributed by atoms with Crippen LogP contribution >= 0.6 is 15.9 Å². The number of fused-ring (bicyclic) bond motifs is 1. The van der Waals surface area contributed by atoms with Gasteiger partial charge >= 0.3 is 6.09 Å². The van der Waals surface area contributed by atoms with E-state index in [9.17, 15) is 9.18 Å². The largest absolute Gasteiger partial charge is 0.465 e. The molecule has 0 unspecified atom stereocenters. The minimum Gasteiger partial charge on any atom is -0.465 e. The highest BCUT2D eigenvalue weighted by Crippen LogP contribution is 2.31. The first kappa shape index (κ1) is 15.0. The van der Waals surface area contributed by atoms with Crippen molar-refractivity contribution in [3.63, 3.8) is 0 Å². The summed E-state index contributed by atoms with van der Waals surface area (Å²) in [5.74, 6) is -0.372. The Morgan fingerprint density at radius 3 is 3.09 bits per heavy atom. The van der Waals surface area contributed by atoms with E-state index in [2.05, 4.69) is 31.1 Å². The fraction of sp³-hybridized carbons (Fsp3) is 0.333. The van der Waals surface area contributed by atoms with Crippen LogP contribution in [-0.4, -0.2) is 35.3 Å². The zero-order valence-electron chi connectivity index (χ0n) is 11.7. The molecular weight excluding hydrogens is 353 g/mol. The topological polar surface area (TPSA) is 65.5 Å². The van der Waals surface area contributed by atoms with Gasteiger partial charge in [-0.15, -0.1) is 0 Å². The highest BCUT2D eigenvalue weighted by atomic mass is 79.9. The number of amides is 1. The maximum absolute atomic E-state index is 14.0. The van der Waals surface area contributed by atoms with Crippen molar-refractivity contribution < 1.29 is 14.3 Å². The van der Waals surface area contributed by atoms with Gasteiger partial charge in [0.25, 0.3) is 0 Å². The summed E-state index contributed by atoms with van der Waals surface area (Å²) in [6, 6.07) is 4.96. The molecule has 1 amide bonds. The lowest BCUT2D eigenvalue weighted by Crippen LogP contribution is -2.47. The summed E-state index contributed by atoms with van der Waals surface area (Å²) in [6.07, 6.45) is 2.26. The Bertz CT molecular complexity index is 725. The minimum absolute atomic E-state index is 0.119. The number of carbonyl (C=O) groups is 1. The zero-order chi connectivity index (χ0) is 15.7. The number of hydrogen-bond acceptors (Lipinski definition) is 3. The van der Waals surface area contributed by atoms with Crippen LogP contribution in [0.2, 0.25) is 0 Å². The van der Waals surface area contributed by atoms with E-state index in [4.69, 9.17) is 5.11 Å². The molecule has 1 aliphatic heterocycles. The number of benzene rings is 1. The van der Waals surface area contributed by atoms with Crippen LogP contribution in [0.4, 0.5) is 14.9 Å². The van der Waals surface area contributed by atoms with Crippen LogP contribution in [0.3, 0.4) is 0 Å².